The third-order valence-electron chi connectivity index (χ3n) is 3.50. The van der Waals surface area contributed by atoms with Gasteiger partial charge in [-0.3, -0.25) is 9.69 Å². The molecule has 2 rings (SSSR count). The quantitative estimate of drug-likeness (QED) is 0.898. The zero-order valence-corrected chi connectivity index (χ0v) is 12.4. The Balaban J connectivity index is 1.75. The lowest BCUT2D eigenvalue weighted by atomic mass is 10.1. The predicted molar refractivity (Wildman–Crippen MR) is 80.9 cm³/mol. The number of carbonyl (C=O) groups excluding carboxylic acids is 1. The number of likely N-dealkylation sites (N-methyl/N-ethyl adjacent to an activating group) is 1. The van der Waals surface area contributed by atoms with Crippen molar-refractivity contribution in [2.45, 2.75) is 32.3 Å². The van der Waals surface area contributed by atoms with Crippen LogP contribution in [0.2, 0.25) is 0 Å². The number of nitrogens with one attached hydrogen (secondary N) is 1. The van der Waals surface area contributed by atoms with Gasteiger partial charge in [-0.2, -0.15) is 0 Å². The average molecular weight is 276 g/mol. The third kappa shape index (κ3) is 4.94. The molecule has 20 heavy (non-hydrogen) atoms. The largest absolute Gasteiger partial charge is 0.377 e. The molecule has 1 unspecified atom stereocenters. The molecule has 1 atom stereocenters. The van der Waals surface area contributed by atoms with Gasteiger partial charge in [-0.25, -0.2) is 0 Å². The summed E-state index contributed by atoms with van der Waals surface area (Å²) in [6.07, 6.45) is 3.77. The Labute approximate surface area is 121 Å². The summed E-state index contributed by atoms with van der Waals surface area (Å²) in [5, 5.41) is 2.93. The SMILES string of the molecule is Cc1cccc(NC(=O)CN(C)CC2CCCCO2)c1. The maximum atomic E-state index is 12.0. The van der Waals surface area contributed by atoms with Gasteiger partial charge in [-0.05, 0) is 50.9 Å². The second-order valence-corrected chi connectivity index (χ2v) is 5.60. The molecule has 4 heteroatoms. The molecule has 1 aromatic carbocycles. The fraction of sp³-hybridized carbons (Fsp3) is 0.562. The number of benzene rings is 1. The fourth-order valence-corrected chi connectivity index (χ4v) is 2.53. The van der Waals surface area contributed by atoms with E-state index in [9.17, 15) is 4.79 Å². The lowest BCUT2D eigenvalue weighted by Crippen LogP contribution is -2.37. The van der Waals surface area contributed by atoms with Crippen molar-refractivity contribution in [3.05, 3.63) is 29.8 Å². The molecule has 0 bridgehead atoms. The molecule has 0 radical (unpaired) electrons. The molecular weight excluding hydrogens is 252 g/mol. The lowest BCUT2D eigenvalue weighted by Gasteiger charge is -2.27. The van der Waals surface area contributed by atoms with Gasteiger partial charge in [0, 0.05) is 18.8 Å². The molecule has 1 fully saturated rings. The topological polar surface area (TPSA) is 41.6 Å². The van der Waals surface area contributed by atoms with E-state index in [0.717, 1.165) is 37.2 Å². The average Bonchev–Trinajstić information content (AvgIpc) is 2.39. The molecule has 0 aromatic heterocycles. The maximum Gasteiger partial charge on any atom is 0.238 e. The molecule has 4 nitrogen and oxygen atoms in total. The van der Waals surface area contributed by atoms with E-state index >= 15 is 0 Å². The van der Waals surface area contributed by atoms with Crippen molar-refractivity contribution >= 4 is 11.6 Å². The Kier molecular flexibility index (Phi) is 5.56. The van der Waals surface area contributed by atoms with Gasteiger partial charge in [-0.15, -0.1) is 0 Å². The number of hydrogen-bond donors (Lipinski definition) is 1. The number of hydrogen-bond acceptors (Lipinski definition) is 3. The van der Waals surface area contributed by atoms with Crippen LogP contribution in [0.1, 0.15) is 24.8 Å². The molecule has 110 valence electrons. The van der Waals surface area contributed by atoms with Gasteiger partial charge in [0.05, 0.1) is 12.6 Å². The van der Waals surface area contributed by atoms with Crippen LogP contribution in [-0.2, 0) is 9.53 Å². The maximum absolute atomic E-state index is 12.0. The third-order valence-corrected chi connectivity index (χ3v) is 3.50. The van der Waals surface area contributed by atoms with E-state index in [2.05, 4.69) is 5.32 Å². The molecule has 1 heterocycles. The van der Waals surface area contributed by atoms with Crippen LogP contribution in [0.25, 0.3) is 0 Å². The minimum Gasteiger partial charge on any atom is -0.377 e. The summed E-state index contributed by atoms with van der Waals surface area (Å²) in [6.45, 7) is 4.09. The Bertz CT molecular complexity index is 442. The molecule has 0 saturated carbocycles. The summed E-state index contributed by atoms with van der Waals surface area (Å²) in [5.74, 6) is 0.0221. The van der Waals surface area contributed by atoms with Crippen LogP contribution in [0.4, 0.5) is 5.69 Å². The van der Waals surface area contributed by atoms with Crippen molar-refractivity contribution in [2.75, 3.05) is 32.1 Å². The van der Waals surface area contributed by atoms with Gasteiger partial charge in [0.1, 0.15) is 0 Å². The van der Waals surface area contributed by atoms with Crippen LogP contribution in [0, 0.1) is 6.92 Å². The van der Waals surface area contributed by atoms with E-state index in [1.807, 2.05) is 43.1 Å². The van der Waals surface area contributed by atoms with Crippen LogP contribution in [0.15, 0.2) is 24.3 Å². The molecule has 1 aromatic rings. The summed E-state index contributed by atoms with van der Waals surface area (Å²) in [5.41, 5.74) is 2.00. The number of anilines is 1. The highest BCUT2D eigenvalue weighted by molar-refractivity contribution is 5.92. The van der Waals surface area contributed by atoms with Gasteiger partial charge in [-0.1, -0.05) is 12.1 Å². The van der Waals surface area contributed by atoms with E-state index in [0.29, 0.717) is 6.54 Å². The Morgan fingerprint density at radius 3 is 3.00 bits per heavy atom. The summed E-state index contributed by atoms with van der Waals surface area (Å²) in [6, 6.07) is 7.85. The van der Waals surface area contributed by atoms with E-state index in [4.69, 9.17) is 4.74 Å². The zero-order chi connectivity index (χ0) is 14.4. The van der Waals surface area contributed by atoms with E-state index in [-0.39, 0.29) is 12.0 Å². The lowest BCUT2D eigenvalue weighted by molar-refractivity contribution is -0.117. The highest BCUT2D eigenvalue weighted by Gasteiger charge is 2.17. The normalized spacial score (nSPS) is 19.1. The summed E-state index contributed by atoms with van der Waals surface area (Å²) >= 11 is 0. The van der Waals surface area contributed by atoms with Gasteiger partial charge >= 0.3 is 0 Å². The highest BCUT2D eigenvalue weighted by atomic mass is 16.5. The first-order valence-electron chi connectivity index (χ1n) is 7.30. The van der Waals surface area contributed by atoms with Gasteiger partial charge in [0.15, 0.2) is 0 Å². The number of amides is 1. The monoisotopic (exact) mass is 276 g/mol. The van der Waals surface area contributed by atoms with Crippen molar-refractivity contribution in [3.63, 3.8) is 0 Å². The van der Waals surface area contributed by atoms with Crippen molar-refractivity contribution in [2.24, 2.45) is 0 Å². The van der Waals surface area contributed by atoms with Gasteiger partial charge in [0.2, 0.25) is 5.91 Å². The van der Waals surface area contributed by atoms with Gasteiger partial charge in [0.25, 0.3) is 0 Å². The fourth-order valence-electron chi connectivity index (χ4n) is 2.53. The minimum atomic E-state index is 0.0221. The Morgan fingerprint density at radius 1 is 1.45 bits per heavy atom. The van der Waals surface area contributed by atoms with E-state index in [1.165, 1.54) is 6.42 Å². The van der Waals surface area contributed by atoms with E-state index in [1.54, 1.807) is 0 Å². The summed E-state index contributed by atoms with van der Waals surface area (Å²) in [4.78, 5) is 14.0. The van der Waals surface area contributed by atoms with Crippen molar-refractivity contribution < 1.29 is 9.53 Å². The van der Waals surface area contributed by atoms with Crippen LogP contribution in [0.5, 0.6) is 0 Å². The molecule has 0 aliphatic carbocycles. The zero-order valence-electron chi connectivity index (χ0n) is 12.4. The molecular formula is C16H24N2O2. The van der Waals surface area contributed by atoms with Crippen LogP contribution >= 0.6 is 0 Å². The second kappa shape index (κ2) is 7.41. The molecule has 1 N–H and O–H groups in total. The van der Waals surface area contributed by atoms with Crippen molar-refractivity contribution in [1.29, 1.82) is 0 Å². The van der Waals surface area contributed by atoms with Crippen LogP contribution < -0.4 is 5.32 Å². The van der Waals surface area contributed by atoms with Crippen LogP contribution in [0.3, 0.4) is 0 Å². The first-order chi connectivity index (χ1) is 9.63. The first-order valence-corrected chi connectivity index (χ1v) is 7.30. The molecule has 1 aliphatic heterocycles. The van der Waals surface area contributed by atoms with Crippen molar-refractivity contribution in [1.82, 2.24) is 4.90 Å². The predicted octanol–water partition coefficient (Wildman–Crippen LogP) is 2.43. The van der Waals surface area contributed by atoms with Crippen LogP contribution in [-0.4, -0.2) is 43.7 Å². The Morgan fingerprint density at radius 2 is 2.30 bits per heavy atom. The molecule has 0 spiro atoms. The number of carbonyl (C=O) groups is 1. The van der Waals surface area contributed by atoms with E-state index < -0.39 is 0 Å². The molecule has 1 amide bonds. The second-order valence-electron chi connectivity index (χ2n) is 5.60. The summed E-state index contributed by atoms with van der Waals surface area (Å²) < 4.78 is 5.69. The first kappa shape index (κ1) is 15.0. The summed E-state index contributed by atoms with van der Waals surface area (Å²) in [7, 11) is 1.97. The molecule has 1 saturated heterocycles. The van der Waals surface area contributed by atoms with Gasteiger partial charge < -0.3 is 10.1 Å². The number of aryl methyl sites for hydroxylation is 1. The standard InChI is InChI=1S/C16H24N2O2/c1-13-6-5-7-14(10-13)17-16(19)12-18(2)11-15-8-3-4-9-20-15/h5-7,10,15H,3-4,8-9,11-12H2,1-2H3,(H,17,19). The number of nitrogens with zero attached hydrogens (tertiary/aromatic N) is 1. The van der Waals surface area contributed by atoms with Crippen molar-refractivity contribution in [3.8, 4) is 0 Å². The number of rotatable bonds is 5. The Hall–Kier alpha value is -1.39. The number of ether oxygens (including phenoxy) is 1. The minimum absolute atomic E-state index is 0.0221. The highest BCUT2D eigenvalue weighted by Crippen LogP contribution is 2.13. The molecule has 1 aliphatic rings. The smallest absolute Gasteiger partial charge is 0.238 e.